The van der Waals surface area contributed by atoms with Gasteiger partial charge in [-0.2, -0.15) is 102 Å². The molecule has 0 saturated carbocycles. The minimum atomic E-state index is 0.907. The van der Waals surface area contributed by atoms with E-state index in [0.29, 0.717) is 0 Å². The molecule has 0 bridgehead atoms. The minimum absolute atomic E-state index is 0.907. The van der Waals surface area contributed by atoms with Crippen molar-refractivity contribution in [1.82, 2.24) is 9.97 Å². The Bertz CT molecular complexity index is 11400. The Kier molecular flexibility index (Phi) is 15.0. The van der Waals surface area contributed by atoms with Crippen LogP contribution in [0.25, 0.3) is 375 Å². The Morgan fingerprint density at radius 2 is 0.438 bits per heavy atom. The molecule has 17 aromatic heterocycles. The highest BCUT2D eigenvalue weighted by Gasteiger charge is 2.37. The molecule has 39 rings (SSSR count). The van der Waals surface area contributed by atoms with Gasteiger partial charge in [0, 0.05) is 352 Å². The summed E-state index contributed by atoms with van der Waals surface area (Å²) in [5.41, 5.74) is 16.2. The molecule has 0 spiro atoms. The molecule has 2 N–H and O–H groups in total. The van der Waals surface area contributed by atoms with Crippen LogP contribution in [0.5, 0.6) is 0 Å². The van der Waals surface area contributed by atoms with E-state index < -0.39 is 0 Å². The summed E-state index contributed by atoms with van der Waals surface area (Å²) < 4.78 is 28.8. The quantitative estimate of drug-likeness (QED) is 0.149. The largest absolute Gasteiger partial charge is 0.455 e. The normalized spacial score (nSPS) is 13.1. The fourth-order valence-corrected chi connectivity index (χ4v) is 38.4. The molecule has 21 aromatic carbocycles. The second-order valence-corrected chi connectivity index (χ2v) is 48.7. The van der Waals surface area contributed by atoms with E-state index >= 15 is 0 Å². The molecule has 0 aliphatic heterocycles. The number of H-pyrrole nitrogens is 2. The molecular formula is C127H58N2O3S12. The summed E-state index contributed by atoms with van der Waals surface area (Å²) in [4.78, 5) is 7.83. The summed E-state index contributed by atoms with van der Waals surface area (Å²) >= 11 is 22.1. The van der Waals surface area contributed by atoms with Gasteiger partial charge in [0.15, 0.2) is 0 Å². The Hall–Kier alpha value is -14.7. The van der Waals surface area contributed by atoms with Gasteiger partial charge in [0.25, 0.3) is 0 Å². The number of rotatable bonds is 0. The zero-order valence-corrected chi connectivity index (χ0v) is 84.8. The molecule has 38 aromatic rings. The summed E-state index contributed by atoms with van der Waals surface area (Å²) in [5, 5.41) is 111. The molecule has 0 atom stereocenters. The lowest BCUT2D eigenvalue weighted by atomic mass is 9.82. The number of benzene rings is 21. The predicted molar refractivity (Wildman–Crippen MR) is 643 cm³/mol. The van der Waals surface area contributed by atoms with Gasteiger partial charge in [0.2, 0.25) is 0 Å². The van der Waals surface area contributed by atoms with Crippen LogP contribution in [-0.4, -0.2) is 9.97 Å². The number of para-hydroxylation sites is 5. The third kappa shape index (κ3) is 9.49. The van der Waals surface area contributed by atoms with Crippen molar-refractivity contribution in [3.63, 3.8) is 0 Å². The molecule has 0 radical (unpaired) electrons. The van der Waals surface area contributed by atoms with Crippen molar-refractivity contribution in [3.05, 3.63) is 326 Å². The molecule has 5 nitrogen and oxygen atoms in total. The van der Waals surface area contributed by atoms with Crippen molar-refractivity contribution in [3.8, 4) is 11.1 Å². The van der Waals surface area contributed by atoms with Crippen LogP contribution in [0.3, 0.4) is 0 Å². The van der Waals surface area contributed by atoms with Crippen molar-refractivity contribution in [2.45, 2.75) is 6.42 Å². The lowest BCUT2D eigenvalue weighted by Gasteiger charge is -2.20. The van der Waals surface area contributed by atoms with Gasteiger partial charge in [0.05, 0.1) is 11.0 Å². The van der Waals surface area contributed by atoms with E-state index in [1.165, 1.54) is 320 Å². The molecule has 144 heavy (non-hydrogen) atoms. The summed E-state index contributed by atoms with van der Waals surface area (Å²) in [6.45, 7) is 0. The summed E-state index contributed by atoms with van der Waals surface area (Å²) in [7, 11) is 0. The number of thiophene rings is 12. The molecule has 0 saturated heterocycles. The van der Waals surface area contributed by atoms with Crippen molar-refractivity contribution in [2.75, 3.05) is 0 Å². The van der Waals surface area contributed by atoms with Crippen LogP contribution in [0.1, 0.15) is 11.1 Å². The zero-order chi connectivity index (χ0) is 92.5. The fraction of sp³-hybridized carbons (Fsp3) is 0.00787. The number of furan rings is 3. The van der Waals surface area contributed by atoms with E-state index in [4.69, 9.17) is 13.3 Å². The van der Waals surface area contributed by atoms with Crippen molar-refractivity contribution < 1.29 is 13.3 Å². The zero-order valence-electron chi connectivity index (χ0n) is 75.0. The third-order valence-electron chi connectivity index (χ3n) is 32.4. The summed E-state index contributed by atoms with van der Waals surface area (Å²) in [5.74, 6) is 0. The molecule has 666 valence electrons. The van der Waals surface area contributed by atoms with Crippen LogP contribution in [-0.2, 0) is 6.42 Å². The van der Waals surface area contributed by atoms with Crippen LogP contribution >= 0.6 is 136 Å². The maximum atomic E-state index is 6.80. The molecule has 1 aliphatic rings. The Morgan fingerprint density at radius 3 is 0.812 bits per heavy atom. The molecular weight excluding hydrogens is 1990 g/mol. The van der Waals surface area contributed by atoms with Crippen LogP contribution in [0.4, 0.5) is 0 Å². The van der Waals surface area contributed by atoms with Crippen LogP contribution in [0.15, 0.2) is 328 Å². The van der Waals surface area contributed by atoms with Gasteiger partial charge in [0.1, 0.15) is 33.5 Å². The highest BCUT2D eigenvalue weighted by molar-refractivity contribution is 7.29. The highest BCUT2D eigenvalue weighted by atomic mass is 32.1. The fourth-order valence-electron chi connectivity index (χ4n) is 27.0. The monoisotopic (exact) mass is 2040 g/mol. The standard InChI is InChI=1S/C43H22N2S3.C42H18O3S3.C42H18S6/c1-2-8-21-20(7-1)13-24-25-14-46-15-26(25)34-39(33(21)24)35-27-16-47-18-29(27)42-38(23-10-4-6-12-32(23)44-42)41(35)36-28-17-48-19-30(28)43-37(40(34)36)22-9-3-5-11-31(22)45-43;1-4-10-28-19(7-1)34-37-31(22-13-46-16-25(22)40(34)43-28)38-33(24-15-48-18-27(24)42-35(38)20-8-2-6-12-30(20)45-42)39-32(37)23-14-47-17-26(23)41-36(39)21-9-3-5-11-29(21)44-41;1-4-10-28-19(7-1)34-37-31(22-13-43-16-25(22)40(34)46-28)38-33(24-15-45-18-27(24)42-35(38)20-8-2-6-12-30(20)48-42)39-32(37)23-14-44-17-26(23)41-36(39)21-9-3-5-11-29(21)47-41/h1-12,14-19,44-45H,13H2;2*1-18H. The second-order valence-electron chi connectivity index (χ2n) is 38.9. The number of nitrogens with one attached hydrogen (secondary N) is 2. The number of hydrogen-bond acceptors (Lipinski definition) is 15. The maximum Gasteiger partial charge on any atom is 0.144 e. The second kappa shape index (κ2) is 27.8. The Labute approximate surface area is 858 Å². The van der Waals surface area contributed by atoms with Crippen LogP contribution in [0, 0.1) is 0 Å². The number of aromatic nitrogens is 2. The highest BCUT2D eigenvalue weighted by Crippen LogP contribution is 2.64. The first-order chi connectivity index (χ1) is 71.5. The molecule has 17 heteroatoms. The van der Waals surface area contributed by atoms with E-state index in [2.05, 4.69) is 325 Å². The van der Waals surface area contributed by atoms with Gasteiger partial charge in [-0.15, -0.1) is 34.0 Å². The van der Waals surface area contributed by atoms with Gasteiger partial charge in [-0.3, -0.25) is 0 Å². The van der Waals surface area contributed by atoms with E-state index in [-0.39, 0.29) is 0 Å². The van der Waals surface area contributed by atoms with Gasteiger partial charge in [-0.25, -0.2) is 0 Å². The lowest BCUT2D eigenvalue weighted by Crippen LogP contribution is -1.92. The molecule has 0 amide bonds. The van der Waals surface area contributed by atoms with E-state index in [1.54, 1.807) is 34.0 Å². The average Bonchev–Trinajstić information content (AvgIpc) is 1.44. The lowest BCUT2D eigenvalue weighted by molar-refractivity contribution is 0.672. The van der Waals surface area contributed by atoms with Crippen molar-refractivity contribution >= 4 is 500 Å². The van der Waals surface area contributed by atoms with Crippen LogP contribution in [0.2, 0.25) is 0 Å². The molecule has 17 heterocycles. The van der Waals surface area contributed by atoms with Gasteiger partial charge in [-0.05, 0) is 142 Å². The van der Waals surface area contributed by atoms with E-state index in [0.717, 1.165) is 72.2 Å². The smallest absolute Gasteiger partial charge is 0.144 e. The number of aromatic amines is 2. The van der Waals surface area contributed by atoms with Gasteiger partial charge < -0.3 is 23.2 Å². The predicted octanol–water partition coefficient (Wildman–Crippen LogP) is 44.0. The van der Waals surface area contributed by atoms with Gasteiger partial charge >= 0.3 is 0 Å². The third-order valence-corrected chi connectivity index (χ3v) is 42.7. The molecule has 0 fully saturated rings. The number of fused-ring (bicyclic) bond motifs is 81. The van der Waals surface area contributed by atoms with Gasteiger partial charge in [-0.1, -0.05) is 170 Å². The number of hydrogen-bond donors (Lipinski definition) is 2. The van der Waals surface area contributed by atoms with Crippen molar-refractivity contribution in [1.29, 1.82) is 0 Å². The minimum Gasteiger partial charge on any atom is -0.455 e. The first kappa shape index (κ1) is 77.9. The van der Waals surface area contributed by atoms with E-state index in [1.807, 2.05) is 102 Å². The first-order valence-corrected chi connectivity index (χ1v) is 59.0. The molecule has 0 unspecified atom stereocenters. The Balaban J connectivity index is 0.0000000888. The van der Waals surface area contributed by atoms with E-state index in [9.17, 15) is 0 Å². The molecule has 1 aliphatic carbocycles. The first-order valence-electron chi connectivity index (χ1n) is 48.0. The van der Waals surface area contributed by atoms with Crippen molar-refractivity contribution in [2.24, 2.45) is 0 Å². The maximum absolute atomic E-state index is 6.80. The SMILES string of the molecule is c1ccc2c(c1)Cc1c-2c2c(c3cscc13)c1c3c4ccccc4[nH]c3c3cscc3c1c1c3c4ccccc4[nH]c3c3cscc3c21.c1ccc2c(c1)oc1c3cscc3c3c(c21)c1c2cscc2c2oc4ccccc4c2c1c1c2cscc2c2oc4ccccc4c2c31.c1ccc2c(c1)sc1c3cscc3c3c(c21)c1c2cscc2c2sc4ccccc4c2c1c1c2cscc2c2sc4ccccc4c2c31. The average molecular weight is 2040 g/mol. The summed E-state index contributed by atoms with van der Waals surface area (Å²) in [6.07, 6.45) is 0.975. The Morgan fingerprint density at radius 1 is 0.181 bits per heavy atom. The topological polar surface area (TPSA) is 71.0 Å². The summed E-state index contributed by atoms with van der Waals surface area (Å²) in [6, 6.07) is 79.8. The van der Waals surface area contributed by atoms with Crippen LogP contribution < -0.4 is 0 Å².